The summed E-state index contributed by atoms with van der Waals surface area (Å²) in [6.45, 7) is 6.54. The summed E-state index contributed by atoms with van der Waals surface area (Å²) >= 11 is 0. The fraction of sp³-hybridized carbons (Fsp3) is 0.385. The maximum atomic E-state index is 9.18. The normalized spacial score (nSPS) is 12.1. The summed E-state index contributed by atoms with van der Waals surface area (Å²) in [5.74, 6) is 0.291. The number of hydrogen-bond donors (Lipinski definition) is 3. The molecule has 0 aromatic heterocycles. The van der Waals surface area contributed by atoms with Gasteiger partial charge in [-0.05, 0) is 30.5 Å². The van der Waals surface area contributed by atoms with Crippen LogP contribution in [-0.4, -0.2) is 17.7 Å². The van der Waals surface area contributed by atoms with Gasteiger partial charge < -0.3 is 16.2 Å². The van der Waals surface area contributed by atoms with Gasteiger partial charge in [-0.3, -0.25) is 0 Å². The Kier molecular flexibility index (Phi) is 4.86. The van der Waals surface area contributed by atoms with Gasteiger partial charge in [0, 0.05) is 18.3 Å². The number of aromatic hydroxyl groups is 1. The van der Waals surface area contributed by atoms with Gasteiger partial charge in [0.2, 0.25) is 0 Å². The van der Waals surface area contributed by atoms with Gasteiger partial charge in [-0.25, -0.2) is 0 Å². The Balaban J connectivity index is 2.56. The first-order valence-corrected chi connectivity index (χ1v) is 5.58. The van der Waals surface area contributed by atoms with E-state index in [0.29, 0.717) is 12.3 Å². The molecule has 88 valence electrons. The molecule has 1 rings (SSSR count). The fourth-order valence-corrected chi connectivity index (χ4v) is 1.50. The molecule has 1 aromatic rings. The molecular formula is C13H20N2O. The second-order valence-corrected chi connectivity index (χ2v) is 3.90. The molecule has 16 heavy (non-hydrogen) atoms. The van der Waals surface area contributed by atoms with E-state index in [4.69, 9.17) is 5.73 Å². The van der Waals surface area contributed by atoms with Crippen LogP contribution in [-0.2, 0) is 6.42 Å². The number of nitrogens with one attached hydrogen (secondary N) is 1. The van der Waals surface area contributed by atoms with Gasteiger partial charge in [0.15, 0.2) is 0 Å². The largest absolute Gasteiger partial charge is 0.508 e. The van der Waals surface area contributed by atoms with Crippen LogP contribution in [0.4, 0.5) is 0 Å². The number of phenolic OH excluding ortho intramolecular Hbond substituents is 1. The highest BCUT2D eigenvalue weighted by Crippen LogP contribution is 2.11. The van der Waals surface area contributed by atoms with Gasteiger partial charge in [0.1, 0.15) is 5.75 Å². The van der Waals surface area contributed by atoms with Crippen molar-refractivity contribution in [1.29, 1.82) is 0 Å². The molecule has 0 aliphatic carbocycles. The highest BCUT2D eigenvalue weighted by molar-refractivity contribution is 5.26. The summed E-state index contributed by atoms with van der Waals surface area (Å²) in [6.07, 6.45) is 1.75. The minimum Gasteiger partial charge on any atom is -0.508 e. The molecule has 0 aliphatic rings. The molecule has 3 heteroatoms. The maximum Gasteiger partial charge on any atom is 0.115 e. The van der Waals surface area contributed by atoms with Crippen molar-refractivity contribution in [3.8, 4) is 5.75 Å². The van der Waals surface area contributed by atoms with E-state index in [1.807, 2.05) is 12.1 Å². The first kappa shape index (κ1) is 12.6. The van der Waals surface area contributed by atoms with Gasteiger partial charge in [-0.1, -0.05) is 25.6 Å². The molecule has 0 heterocycles. The molecule has 0 radical (unpaired) electrons. The number of phenols is 1. The van der Waals surface area contributed by atoms with E-state index in [0.717, 1.165) is 24.1 Å². The summed E-state index contributed by atoms with van der Waals surface area (Å²) in [5, 5.41) is 12.5. The minimum absolute atomic E-state index is 0.206. The van der Waals surface area contributed by atoms with Crippen molar-refractivity contribution in [1.82, 2.24) is 5.32 Å². The highest BCUT2D eigenvalue weighted by Gasteiger charge is 2.07. The van der Waals surface area contributed by atoms with Crippen molar-refractivity contribution in [2.75, 3.05) is 6.54 Å². The second kappa shape index (κ2) is 6.18. The average molecular weight is 220 g/mol. The summed E-state index contributed by atoms with van der Waals surface area (Å²) in [6, 6.07) is 7.41. The van der Waals surface area contributed by atoms with E-state index in [1.165, 1.54) is 0 Å². The van der Waals surface area contributed by atoms with Crippen molar-refractivity contribution in [2.24, 2.45) is 5.73 Å². The molecule has 4 N–H and O–H groups in total. The molecule has 0 saturated carbocycles. The van der Waals surface area contributed by atoms with Gasteiger partial charge in [-0.2, -0.15) is 0 Å². The minimum atomic E-state index is 0.206. The molecule has 0 fully saturated rings. The maximum absolute atomic E-state index is 9.18. The van der Waals surface area contributed by atoms with Crippen molar-refractivity contribution in [2.45, 2.75) is 25.8 Å². The Morgan fingerprint density at radius 1 is 1.44 bits per heavy atom. The summed E-state index contributed by atoms with van der Waals surface area (Å²) in [4.78, 5) is 0. The van der Waals surface area contributed by atoms with Crippen LogP contribution in [0.3, 0.4) is 0 Å². The lowest BCUT2D eigenvalue weighted by Gasteiger charge is -2.19. The summed E-state index contributed by atoms with van der Waals surface area (Å²) in [7, 11) is 0. The Bertz CT molecular complexity index is 332. The predicted octanol–water partition coefficient (Wildman–Crippen LogP) is 1.78. The van der Waals surface area contributed by atoms with E-state index in [2.05, 4.69) is 18.8 Å². The monoisotopic (exact) mass is 220 g/mol. The van der Waals surface area contributed by atoms with Gasteiger partial charge in [0.25, 0.3) is 0 Å². The van der Waals surface area contributed by atoms with Crippen LogP contribution in [0.2, 0.25) is 0 Å². The molecule has 0 saturated heterocycles. The Labute approximate surface area is 97.0 Å². The number of rotatable bonds is 6. The SMILES string of the molecule is C=C(CC)NC(CN)Cc1ccc(O)cc1. The zero-order chi connectivity index (χ0) is 12.0. The van der Waals surface area contributed by atoms with Gasteiger partial charge in [0.05, 0.1) is 0 Å². The van der Waals surface area contributed by atoms with Crippen LogP contribution in [0.5, 0.6) is 5.75 Å². The Morgan fingerprint density at radius 2 is 2.06 bits per heavy atom. The van der Waals surface area contributed by atoms with Crippen LogP contribution in [0.1, 0.15) is 18.9 Å². The van der Waals surface area contributed by atoms with Crippen molar-refractivity contribution in [3.63, 3.8) is 0 Å². The highest BCUT2D eigenvalue weighted by atomic mass is 16.3. The molecule has 3 nitrogen and oxygen atoms in total. The number of hydrogen-bond acceptors (Lipinski definition) is 3. The molecule has 1 unspecified atom stereocenters. The van der Waals surface area contributed by atoms with Crippen LogP contribution >= 0.6 is 0 Å². The molecular weight excluding hydrogens is 200 g/mol. The quantitative estimate of drug-likeness (QED) is 0.685. The van der Waals surface area contributed by atoms with Crippen LogP contribution in [0.25, 0.3) is 0 Å². The third kappa shape index (κ3) is 3.95. The van der Waals surface area contributed by atoms with Crippen LogP contribution in [0, 0.1) is 0 Å². The summed E-state index contributed by atoms with van der Waals surface area (Å²) < 4.78 is 0. The van der Waals surface area contributed by atoms with Crippen LogP contribution < -0.4 is 11.1 Å². The summed E-state index contributed by atoms with van der Waals surface area (Å²) in [5.41, 5.74) is 7.87. The van der Waals surface area contributed by atoms with Crippen molar-refractivity contribution < 1.29 is 5.11 Å². The van der Waals surface area contributed by atoms with Crippen LogP contribution in [0.15, 0.2) is 36.5 Å². The Hall–Kier alpha value is -1.48. The molecule has 0 aliphatic heterocycles. The molecule has 0 spiro atoms. The van der Waals surface area contributed by atoms with E-state index >= 15 is 0 Å². The molecule has 0 amide bonds. The molecule has 0 bridgehead atoms. The lowest BCUT2D eigenvalue weighted by atomic mass is 10.1. The zero-order valence-electron chi connectivity index (χ0n) is 9.74. The first-order chi connectivity index (χ1) is 7.65. The third-order valence-corrected chi connectivity index (χ3v) is 2.54. The van der Waals surface area contributed by atoms with E-state index < -0.39 is 0 Å². The lowest BCUT2D eigenvalue weighted by molar-refractivity contribution is 0.474. The van der Waals surface area contributed by atoms with Gasteiger partial charge >= 0.3 is 0 Å². The van der Waals surface area contributed by atoms with E-state index in [9.17, 15) is 5.11 Å². The lowest BCUT2D eigenvalue weighted by Crippen LogP contribution is -2.36. The number of allylic oxidation sites excluding steroid dienone is 1. The topological polar surface area (TPSA) is 58.3 Å². The van der Waals surface area contributed by atoms with Crippen molar-refractivity contribution in [3.05, 3.63) is 42.1 Å². The Morgan fingerprint density at radius 3 is 2.56 bits per heavy atom. The van der Waals surface area contributed by atoms with Crippen molar-refractivity contribution >= 4 is 0 Å². The smallest absolute Gasteiger partial charge is 0.115 e. The fourth-order valence-electron chi connectivity index (χ4n) is 1.50. The molecule has 1 aromatic carbocycles. The first-order valence-electron chi connectivity index (χ1n) is 5.58. The average Bonchev–Trinajstić information content (AvgIpc) is 2.30. The number of nitrogens with two attached hydrogens (primary N) is 1. The molecule has 1 atom stereocenters. The predicted molar refractivity (Wildman–Crippen MR) is 67.2 cm³/mol. The van der Waals surface area contributed by atoms with Gasteiger partial charge in [-0.15, -0.1) is 0 Å². The third-order valence-electron chi connectivity index (χ3n) is 2.54. The van der Waals surface area contributed by atoms with E-state index in [1.54, 1.807) is 12.1 Å². The van der Waals surface area contributed by atoms with E-state index in [-0.39, 0.29) is 6.04 Å². The number of benzene rings is 1. The zero-order valence-corrected chi connectivity index (χ0v) is 9.74. The standard InChI is InChI=1S/C13H20N2O/c1-3-10(2)15-12(9-14)8-11-4-6-13(16)7-5-11/h4-7,12,15-16H,2-3,8-9,14H2,1H3. The second-order valence-electron chi connectivity index (χ2n) is 3.90.